The van der Waals surface area contributed by atoms with Gasteiger partial charge in [0.1, 0.15) is 6.10 Å². The summed E-state index contributed by atoms with van der Waals surface area (Å²) in [6.07, 6.45) is 2.66. The van der Waals surface area contributed by atoms with Crippen molar-refractivity contribution in [2.24, 2.45) is 11.8 Å². The van der Waals surface area contributed by atoms with Crippen LogP contribution in [0.5, 0.6) is 0 Å². The van der Waals surface area contributed by atoms with Gasteiger partial charge in [-0.05, 0) is 43.9 Å². The standard InChI is InChI=1S/C14H23NO4/c1-8-3-4-10(7-9(8)2)15-13(16)11-5-6-12(19-11)14(17)18/h8-12H,3-7H2,1-2H3,(H,15,16)(H,17,18)/t8?,9?,10?,11-,12+/m0/s1. The lowest BCUT2D eigenvalue weighted by atomic mass is 9.79. The quantitative estimate of drug-likeness (QED) is 0.815. The zero-order chi connectivity index (χ0) is 14.0. The van der Waals surface area contributed by atoms with E-state index in [1.54, 1.807) is 0 Å². The van der Waals surface area contributed by atoms with Crippen LogP contribution < -0.4 is 5.32 Å². The maximum atomic E-state index is 12.0. The maximum absolute atomic E-state index is 12.0. The zero-order valence-corrected chi connectivity index (χ0v) is 11.6. The van der Waals surface area contributed by atoms with Gasteiger partial charge in [0.05, 0.1) is 0 Å². The summed E-state index contributed by atoms with van der Waals surface area (Å²) >= 11 is 0. The molecule has 0 aromatic heterocycles. The molecule has 0 aromatic carbocycles. The number of amides is 1. The summed E-state index contributed by atoms with van der Waals surface area (Å²) in [6.45, 7) is 4.47. The molecule has 3 unspecified atom stereocenters. The van der Waals surface area contributed by atoms with E-state index in [1.165, 1.54) is 0 Å². The van der Waals surface area contributed by atoms with Gasteiger partial charge in [-0.15, -0.1) is 0 Å². The summed E-state index contributed by atoms with van der Waals surface area (Å²) in [5.74, 6) is 0.216. The smallest absolute Gasteiger partial charge is 0.332 e. The lowest BCUT2D eigenvalue weighted by Gasteiger charge is -2.33. The molecule has 1 aliphatic carbocycles. The Morgan fingerprint density at radius 1 is 1.05 bits per heavy atom. The minimum atomic E-state index is -0.976. The Hall–Kier alpha value is -1.10. The van der Waals surface area contributed by atoms with Crippen LogP contribution in [0, 0.1) is 11.8 Å². The van der Waals surface area contributed by atoms with Gasteiger partial charge in [0.25, 0.3) is 0 Å². The molecule has 0 bridgehead atoms. The van der Waals surface area contributed by atoms with Crippen LogP contribution in [0.4, 0.5) is 0 Å². The summed E-state index contributed by atoms with van der Waals surface area (Å²) in [5.41, 5.74) is 0. The average molecular weight is 269 g/mol. The topological polar surface area (TPSA) is 75.6 Å². The number of carbonyl (C=O) groups excluding carboxylic acids is 1. The Kier molecular flexibility index (Phi) is 4.45. The second-order valence-electron chi connectivity index (χ2n) is 6.00. The Morgan fingerprint density at radius 3 is 2.32 bits per heavy atom. The van der Waals surface area contributed by atoms with Gasteiger partial charge in [-0.3, -0.25) is 4.79 Å². The monoisotopic (exact) mass is 269 g/mol. The van der Waals surface area contributed by atoms with E-state index in [2.05, 4.69) is 19.2 Å². The van der Waals surface area contributed by atoms with Crippen molar-refractivity contribution in [1.82, 2.24) is 5.32 Å². The van der Waals surface area contributed by atoms with Crippen LogP contribution in [0.1, 0.15) is 46.0 Å². The Morgan fingerprint density at radius 2 is 1.74 bits per heavy atom. The van der Waals surface area contributed by atoms with E-state index in [9.17, 15) is 9.59 Å². The van der Waals surface area contributed by atoms with Gasteiger partial charge in [-0.25, -0.2) is 4.79 Å². The zero-order valence-electron chi connectivity index (χ0n) is 11.6. The molecule has 2 rings (SSSR count). The molecule has 0 spiro atoms. The minimum absolute atomic E-state index is 0.143. The highest BCUT2D eigenvalue weighted by Gasteiger charge is 2.36. The number of aliphatic carboxylic acids is 1. The van der Waals surface area contributed by atoms with E-state index < -0.39 is 18.2 Å². The van der Waals surface area contributed by atoms with Gasteiger partial charge in [-0.1, -0.05) is 13.8 Å². The van der Waals surface area contributed by atoms with Crippen LogP contribution in [0.15, 0.2) is 0 Å². The summed E-state index contributed by atoms with van der Waals surface area (Å²) in [4.78, 5) is 22.8. The SMILES string of the molecule is CC1CCC(NC(=O)[C@@H]2CC[C@H](C(=O)O)O2)CC1C. The first-order valence-corrected chi connectivity index (χ1v) is 7.16. The van der Waals surface area contributed by atoms with Crippen molar-refractivity contribution in [2.75, 3.05) is 0 Å². The first-order chi connectivity index (χ1) is 8.97. The highest BCUT2D eigenvalue weighted by molar-refractivity contribution is 5.82. The molecule has 0 aromatic rings. The van der Waals surface area contributed by atoms with E-state index in [0.29, 0.717) is 24.7 Å². The van der Waals surface area contributed by atoms with Gasteiger partial charge in [0, 0.05) is 6.04 Å². The third kappa shape index (κ3) is 3.47. The maximum Gasteiger partial charge on any atom is 0.332 e. The second kappa shape index (κ2) is 5.90. The molecule has 5 heteroatoms. The van der Waals surface area contributed by atoms with Crippen molar-refractivity contribution < 1.29 is 19.4 Å². The number of hydrogen-bond donors (Lipinski definition) is 2. The number of hydrogen-bond acceptors (Lipinski definition) is 3. The van der Waals surface area contributed by atoms with Crippen molar-refractivity contribution in [1.29, 1.82) is 0 Å². The van der Waals surface area contributed by atoms with Crippen LogP contribution in [0.2, 0.25) is 0 Å². The molecule has 2 fully saturated rings. The molecular formula is C14H23NO4. The molecular weight excluding hydrogens is 246 g/mol. The number of ether oxygens (including phenoxy) is 1. The van der Waals surface area contributed by atoms with Crippen LogP contribution >= 0.6 is 0 Å². The summed E-state index contributed by atoms with van der Waals surface area (Å²) in [5, 5.41) is 11.9. The molecule has 1 heterocycles. The number of nitrogens with one attached hydrogen (secondary N) is 1. The fourth-order valence-corrected chi connectivity index (χ4v) is 2.98. The number of carbonyl (C=O) groups is 2. The second-order valence-corrected chi connectivity index (χ2v) is 6.00. The summed E-state index contributed by atoms with van der Waals surface area (Å²) in [7, 11) is 0. The van der Waals surface area contributed by atoms with E-state index in [1.807, 2.05) is 0 Å². The third-order valence-electron chi connectivity index (χ3n) is 4.53. The number of carboxylic acid groups (broad SMARTS) is 1. The van der Waals surface area contributed by atoms with E-state index in [0.717, 1.165) is 19.3 Å². The number of carboxylic acids is 1. The lowest BCUT2D eigenvalue weighted by molar-refractivity contribution is -0.152. The van der Waals surface area contributed by atoms with Gasteiger partial charge >= 0.3 is 5.97 Å². The third-order valence-corrected chi connectivity index (χ3v) is 4.53. The largest absolute Gasteiger partial charge is 0.479 e. The number of rotatable bonds is 3. The molecule has 2 aliphatic rings. The van der Waals surface area contributed by atoms with Crippen LogP contribution in [0.25, 0.3) is 0 Å². The first kappa shape index (κ1) is 14.3. The van der Waals surface area contributed by atoms with Crippen molar-refractivity contribution in [3.05, 3.63) is 0 Å². The molecule has 1 saturated carbocycles. The molecule has 1 saturated heterocycles. The molecule has 5 atom stereocenters. The molecule has 1 amide bonds. The van der Waals surface area contributed by atoms with Crippen molar-refractivity contribution >= 4 is 11.9 Å². The van der Waals surface area contributed by atoms with Crippen LogP contribution in [0.3, 0.4) is 0 Å². The molecule has 5 nitrogen and oxygen atoms in total. The lowest BCUT2D eigenvalue weighted by Crippen LogP contribution is -2.44. The average Bonchev–Trinajstić information content (AvgIpc) is 2.83. The fourth-order valence-electron chi connectivity index (χ4n) is 2.98. The van der Waals surface area contributed by atoms with Gasteiger partial charge in [0.2, 0.25) is 5.91 Å². The normalized spacial score (nSPS) is 38.9. The highest BCUT2D eigenvalue weighted by atomic mass is 16.5. The van der Waals surface area contributed by atoms with Gasteiger partial charge in [-0.2, -0.15) is 0 Å². The molecule has 108 valence electrons. The molecule has 1 aliphatic heterocycles. The van der Waals surface area contributed by atoms with Gasteiger partial charge in [0.15, 0.2) is 6.10 Å². The first-order valence-electron chi connectivity index (χ1n) is 7.16. The van der Waals surface area contributed by atoms with Crippen LogP contribution in [-0.2, 0) is 14.3 Å². The predicted molar refractivity (Wildman–Crippen MR) is 69.6 cm³/mol. The minimum Gasteiger partial charge on any atom is -0.479 e. The Bertz CT molecular complexity index is 357. The highest BCUT2D eigenvalue weighted by Crippen LogP contribution is 2.29. The molecule has 19 heavy (non-hydrogen) atoms. The van der Waals surface area contributed by atoms with Gasteiger partial charge < -0.3 is 15.2 Å². The summed E-state index contributed by atoms with van der Waals surface area (Å²) in [6, 6.07) is 0.214. The van der Waals surface area contributed by atoms with E-state index in [4.69, 9.17) is 9.84 Å². The van der Waals surface area contributed by atoms with E-state index in [-0.39, 0.29) is 11.9 Å². The fraction of sp³-hybridized carbons (Fsp3) is 0.857. The van der Waals surface area contributed by atoms with Crippen molar-refractivity contribution in [3.63, 3.8) is 0 Å². The Balaban J connectivity index is 1.80. The summed E-state index contributed by atoms with van der Waals surface area (Å²) < 4.78 is 5.26. The Labute approximate surface area is 113 Å². The molecule has 2 N–H and O–H groups in total. The molecule has 0 radical (unpaired) electrons. The predicted octanol–water partition coefficient (Wildman–Crippen LogP) is 1.56. The van der Waals surface area contributed by atoms with Crippen molar-refractivity contribution in [3.8, 4) is 0 Å². The van der Waals surface area contributed by atoms with E-state index >= 15 is 0 Å². The van der Waals surface area contributed by atoms with Crippen molar-refractivity contribution in [2.45, 2.75) is 64.2 Å². The van der Waals surface area contributed by atoms with Crippen LogP contribution in [-0.4, -0.2) is 35.2 Å².